The molecule has 4 heteroatoms. The zero-order valence-electron chi connectivity index (χ0n) is 11.3. The normalized spacial score (nSPS) is 12.7. The summed E-state index contributed by atoms with van der Waals surface area (Å²) in [4.78, 5) is 1.29. The van der Waals surface area contributed by atoms with Crippen molar-refractivity contribution in [3.8, 4) is 5.75 Å². The van der Waals surface area contributed by atoms with Gasteiger partial charge in [0.1, 0.15) is 5.75 Å². The summed E-state index contributed by atoms with van der Waals surface area (Å²) >= 11 is 5.26. The third-order valence-corrected chi connectivity index (χ3v) is 4.42. The lowest BCUT2D eigenvalue weighted by atomic mass is 10.1. The van der Waals surface area contributed by atoms with E-state index in [1.54, 1.807) is 11.3 Å². The SMILES string of the molecule is CNC(c1cccc(OC(C)C)c1)c1ccc(Br)s1. The summed E-state index contributed by atoms with van der Waals surface area (Å²) in [5.74, 6) is 0.920. The molecule has 1 unspecified atom stereocenters. The van der Waals surface area contributed by atoms with E-state index in [1.807, 2.05) is 33.0 Å². The molecule has 0 saturated heterocycles. The maximum atomic E-state index is 5.76. The molecule has 0 saturated carbocycles. The van der Waals surface area contributed by atoms with Crippen molar-refractivity contribution >= 4 is 27.3 Å². The smallest absolute Gasteiger partial charge is 0.120 e. The molecule has 102 valence electrons. The Balaban J connectivity index is 2.28. The van der Waals surface area contributed by atoms with Crippen LogP contribution in [0.25, 0.3) is 0 Å². The molecule has 0 aliphatic heterocycles. The van der Waals surface area contributed by atoms with Crippen LogP contribution in [-0.2, 0) is 0 Å². The zero-order valence-corrected chi connectivity index (χ0v) is 13.7. The largest absolute Gasteiger partial charge is 0.491 e. The molecule has 0 aliphatic rings. The highest BCUT2D eigenvalue weighted by Crippen LogP contribution is 2.32. The monoisotopic (exact) mass is 339 g/mol. The third kappa shape index (κ3) is 3.81. The summed E-state index contributed by atoms with van der Waals surface area (Å²) in [6.07, 6.45) is 0.194. The van der Waals surface area contributed by atoms with Crippen molar-refractivity contribution in [2.24, 2.45) is 0 Å². The van der Waals surface area contributed by atoms with E-state index in [0.29, 0.717) is 0 Å². The third-order valence-electron chi connectivity index (χ3n) is 2.73. The Morgan fingerprint density at radius 2 is 2.00 bits per heavy atom. The van der Waals surface area contributed by atoms with Gasteiger partial charge in [-0.2, -0.15) is 0 Å². The predicted molar refractivity (Wildman–Crippen MR) is 85.1 cm³/mol. The van der Waals surface area contributed by atoms with Crippen molar-refractivity contribution in [3.05, 3.63) is 50.6 Å². The highest BCUT2D eigenvalue weighted by Gasteiger charge is 2.14. The van der Waals surface area contributed by atoms with Crippen molar-refractivity contribution in [1.82, 2.24) is 5.32 Å². The van der Waals surface area contributed by atoms with Crippen molar-refractivity contribution in [2.75, 3.05) is 7.05 Å². The average molecular weight is 340 g/mol. The van der Waals surface area contributed by atoms with Crippen LogP contribution in [0.4, 0.5) is 0 Å². The number of halogens is 1. The number of ether oxygens (including phenoxy) is 1. The standard InChI is InChI=1S/C15H18BrNOS/c1-10(2)18-12-6-4-5-11(9-12)15(17-3)13-7-8-14(16)19-13/h4-10,15,17H,1-3H3. The Hall–Kier alpha value is -0.840. The summed E-state index contributed by atoms with van der Waals surface area (Å²) in [5, 5.41) is 3.36. The van der Waals surface area contributed by atoms with Crippen molar-refractivity contribution in [1.29, 1.82) is 0 Å². The van der Waals surface area contributed by atoms with Gasteiger partial charge in [-0.15, -0.1) is 11.3 Å². The molecule has 0 spiro atoms. The van der Waals surface area contributed by atoms with Gasteiger partial charge in [-0.1, -0.05) is 12.1 Å². The van der Waals surface area contributed by atoms with Crippen LogP contribution < -0.4 is 10.1 Å². The Morgan fingerprint density at radius 3 is 2.58 bits per heavy atom. The zero-order chi connectivity index (χ0) is 13.8. The first-order chi connectivity index (χ1) is 9.10. The maximum Gasteiger partial charge on any atom is 0.120 e. The van der Waals surface area contributed by atoms with Gasteiger partial charge in [0.05, 0.1) is 15.9 Å². The number of nitrogens with one attached hydrogen (secondary N) is 1. The van der Waals surface area contributed by atoms with Gasteiger partial charge < -0.3 is 10.1 Å². The molecular weight excluding hydrogens is 322 g/mol. The molecule has 1 aromatic heterocycles. The van der Waals surface area contributed by atoms with Crippen molar-refractivity contribution in [3.63, 3.8) is 0 Å². The first-order valence-corrected chi connectivity index (χ1v) is 7.90. The van der Waals surface area contributed by atoms with Gasteiger partial charge in [0.25, 0.3) is 0 Å². The van der Waals surface area contributed by atoms with Crippen LogP contribution in [0.1, 0.15) is 30.3 Å². The van der Waals surface area contributed by atoms with Crippen LogP contribution in [0, 0.1) is 0 Å². The second-order valence-electron chi connectivity index (χ2n) is 4.60. The summed E-state index contributed by atoms with van der Waals surface area (Å²) in [5.41, 5.74) is 1.22. The van der Waals surface area contributed by atoms with E-state index in [4.69, 9.17) is 4.74 Å². The molecule has 0 bridgehead atoms. The average Bonchev–Trinajstić information content (AvgIpc) is 2.76. The second kappa shape index (κ2) is 6.55. The summed E-state index contributed by atoms with van der Waals surface area (Å²) < 4.78 is 6.91. The molecule has 0 aliphatic carbocycles. The Bertz CT molecular complexity index is 538. The molecule has 0 radical (unpaired) electrons. The van der Waals surface area contributed by atoms with Gasteiger partial charge in [-0.25, -0.2) is 0 Å². The molecule has 2 nitrogen and oxygen atoms in total. The van der Waals surface area contributed by atoms with Crippen LogP contribution in [0.5, 0.6) is 5.75 Å². The molecule has 2 rings (SSSR count). The van der Waals surface area contributed by atoms with Crippen molar-refractivity contribution in [2.45, 2.75) is 26.0 Å². The lowest BCUT2D eigenvalue weighted by Crippen LogP contribution is -2.16. The van der Waals surface area contributed by atoms with Gasteiger partial charge >= 0.3 is 0 Å². The van der Waals surface area contributed by atoms with Gasteiger partial charge in [-0.3, -0.25) is 0 Å². The molecule has 2 aromatic rings. The number of benzene rings is 1. The van der Waals surface area contributed by atoms with Crippen LogP contribution in [-0.4, -0.2) is 13.2 Å². The van der Waals surface area contributed by atoms with E-state index >= 15 is 0 Å². The topological polar surface area (TPSA) is 21.3 Å². The van der Waals surface area contributed by atoms with Gasteiger partial charge in [0.2, 0.25) is 0 Å². The highest BCUT2D eigenvalue weighted by molar-refractivity contribution is 9.11. The van der Waals surface area contributed by atoms with E-state index in [1.165, 1.54) is 10.4 Å². The molecule has 1 heterocycles. The van der Waals surface area contributed by atoms with Crippen molar-refractivity contribution < 1.29 is 4.74 Å². The number of hydrogen-bond acceptors (Lipinski definition) is 3. The lowest BCUT2D eigenvalue weighted by molar-refractivity contribution is 0.242. The molecule has 1 aromatic carbocycles. The first-order valence-electron chi connectivity index (χ1n) is 6.29. The first kappa shape index (κ1) is 14.6. The lowest BCUT2D eigenvalue weighted by Gasteiger charge is -2.17. The number of rotatable bonds is 5. The van der Waals surface area contributed by atoms with E-state index in [0.717, 1.165) is 9.54 Å². The fraction of sp³-hybridized carbons (Fsp3) is 0.333. The van der Waals surface area contributed by atoms with E-state index < -0.39 is 0 Å². The fourth-order valence-corrected chi connectivity index (χ4v) is 3.56. The van der Waals surface area contributed by atoms with Crippen LogP contribution in [0.2, 0.25) is 0 Å². The fourth-order valence-electron chi connectivity index (χ4n) is 2.00. The molecular formula is C15H18BrNOS. The van der Waals surface area contributed by atoms with Gasteiger partial charge in [0.15, 0.2) is 0 Å². The van der Waals surface area contributed by atoms with Crippen LogP contribution in [0.15, 0.2) is 40.2 Å². The predicted octanol–water partition coefficient (Wildman–Crippen LogP) is 4.61. The van der Waals surface area contributed by atoms with E-state index in [9.17, 15) is 0 Å². The highest BCUT2D eigenvalue weighted by atomic mass is 79.9. The minimum atomic E-state index is 0.194. The summed E-state index contributed by atoms with van der Waals surface area (Å²) in [6.45, 7) is 4.08. The van der Waals surface area contributed by atoms with E-state index in [-0.39, 0.29) is 12.1 Å². The van der Waals surface area contributed by atoms with Gasteiger partial charge in [-0.05, 0) is 66.7 Å². The quantitative estimate of drug-likeness (QED) is 0.858. The minimum absolute atomic E-state index is 0.194. The Kier molecular flexibility index (Phi) is 5.02. The molecule has 19 heavy (non-hydrogen) atoms. The number of hydrogen-bond donors (Lipinski definition) is 1. The summed E-state index contributed by atoms with van der Waals surface area (Å²) in [6, 6.07) is 12.7. The Morgan fingerprint density at radius 1 is 1.21 bits per heavy atom. The Labute approximate surface area is 126 Å². The number of thiophene rings is 1. The molecule has 1 N–H and O–H groups in total. The van der Waals surface area contributed by atoms with E-state index in [2.05, 4.69) is 45.5 Å². The molecule has 0 fully saturated rings. The molecule has 1 atom stereocenters. The van der Waals surface area contributed by atoms with Gasteiger partial charge in [0, 0.05) is 4.88 Å². The second-order valence-corrected chi connectivity index (χ2v) is 7.10. The summed E-state index contributed by atoms with van der Waals surface area (Å²) in [7, 11) is 1.98. The molecule has 0 amide bonds. The van der Waals surface area contributed by atoms with Crippen LogP contribution >= 0.6 is 27.3 Å². The maximum absolute atomic E-state index is 5.76. The van der Waals surface area contributed by atoms with Crippen LogP contribution in [0.3, 0.4) is 0 Å². The minimum Gasteiger partial charge on any atom is -0.491 e.